The number of nitrogens with two attached hydrogens (primary N) is 1. The zero-order chi connectivity index (χ0) is 21.7. The lowest BCUT2D eigenvalue weighted by Gasteiger charge is -2.07. The summed E-state index contributed by atoms with van der Waals surface area (Å²) in [6.07, 6.45) is 4.41. The van der Waals surface area contributed by atoms with Gasteiger partial charge in [-0.25, -0.2) is 23.5 Å². The van der Waals surface area contributed by atoms with Crippen molar-refractivity contribution in [3.05, 3.63) is 66.3 Å². The fourth-order valence-corrected chi connectivity index (χ4v) is 3.38. The van der Waals surface area contributed by atoms with Gasteiger partial charge in [0.2, 0.25) is 0 Å². The largest absolute Gasteiger partial charge is 0.465 e. The van der Waals surface area contributed by atoms with Gasteiger partial charge in [0.1, 0.15) is 17.8 Å². The molecule has 0 saturated carbocycles. The van der Waals surface area contributed by atoms with Crippen LogP contribution in [0.5, 0.6) is 0 Å². The number of H-pyrrole nitrogens is 1. The van der Waals surface area contributed by atoms with Crippen LogP contribution in [0.3, 0.4) is 0 Å². The molecule has 0 atom stereocenters. The zero-order valence-corrected chi connectivity index (χ0v) is 16.1. The Morgan fingerprint density at radius 3 is 2.84 bits per heavy atom. The zero-order valence-electron chi connectivity index (χ0n) is 16.1. The molecule has 31 heavy (non-hydrogen) atoms. The van der Waals surface area contributed by atoms with Gasteiger partial charge in [-0.1, -0.05) is 0 Å². The lowest BCUT2D eigenvalue weighted by Crippen LogP contribution is -2.00. The maximum atomic E-state index is 14.4. The minimum Gasteiger partial charge on any atom is -0.465 e. The smallest absolute Gasteiger partial charge is 0.337 e. The van der Waals surface area contributed by atoms with Crippen LogP contribution in [0.25, 0.3) is 39.3 Å². The molecule has 3 aromatic heterocycles. The summed E-state index contributed by atoms with van der Waals surface area (Å²) >= 11 is 0. The highest BCUT2D eigenvalue weighted by molar-refractivity contribution is 5.94. The van der Waals surface area contributed by atoms with E-state index < -0.39 is 17.6 Å². The molecule has 0 aliphatic heterocycles. The number of fused-ring (bicyclic) bond motifs is 2. The van der Waals surface area contributed by atoms with Gasteiger partial charge in [0.15, 0.2) is 11.6 Å². The first-order valence-corrected chi connectivity index (χ1v) is 9.11. The van der Waals surface area contributed by atoms with Gasteiger partial charge in [0.05, 0.1) is 52.4 Å². The summed E-state index contributed by atoms with van der Waals surface area (Å²) in [6, 6.07) is 7.21. The summed E-state index contributed by atoms with van der Waals surface area (Å²) in [5.74, 6) is -1.64. The summed E-state index contributed by atoms with van der Waals surface area (Å²) < 4.78 is 34.9. The molecule has 0 radical (unpaired) electrons. The first-order chi connectivity index (χ1) is 15.0. The third-order valence-electron chi connectivity index (χ3n) is 4.92. The predicted octanol–water partition coefficient (Wildman–Crippen LogP) is 3.59. The summed E-state index contributed by atoms with van der Waals surface area (Å²) in [5, 5.41) is 0. The van der Waals surface area contributed by atoms with Gasteiger partial charge in [-0.05, 0) is 30.3 Å². The van der Waals surface area contributed by atoms with Crippen molar-refractivity contribution in [1.82, 2.24) is 24.3 Å². The number of nitrogens with zero attached hydrogens (tertiary/aromatic N) is 4. The molecule has 2 aromatic carbocycles. The lowest BCUT2D eigenvalue weighted by atomic mass is 10.1. The number of halogens is 2. The van der Waals surface area contributed by atoms with Crippen LogP contribution < -0.4 is 5.73 Å². The van der Waals surface area contributed by atoms with E-state index in [2.05, 4.69) is 19.9 Å². The van der Waals surface area contributed by atoms with Crippen molar-refractivity contribution in [2.45, 2.75) is 0 Å². The van der Waals surface area contributed by atoms with Crippen LogP contribution in [0.15, 0.2) is 49.1 Å². The third-order valence-corrected chi connectivity index (χ3v) is 4.92. The van der Waals surface area contributed by atoms with Gasteiger partial charge in [0, 0.05) is 6.20 Å². The molecule has 0 aliphatic carbocycles. The first kappa shape index (κ1) is 18.7. The van der Waals surface area contributed by atoms with Crippen LogP contribution >= 0.6 is 0 Å². The Labute approximate surface area is 173 Å². The predicted molar refractivity (Wildman–Crippen MR) is 109 cm³/mol. The van der Waals surface area contributed by atoms with Crippen molar-refractivity contribution in [3.8, 4) is 22.8 Å². The molecule has 154 valence electrons. The number of ether oxygens (including phenoxy) is 1. The number of aromatic nitrogens is 5. The maximum absolute atomic E-state index is 14.4. The Hall–Kier alpha value is -4.34. The lowest BCUT2D eigenvalue weighted by molar-refractivity contribution is 0.0601. The van der Waals surface area contributed by atoms with Crippen molar-refractivity contribution in [1.29, 1.82) is 0 Å². The van der Waals surface area contributed by atoms with E-state index >= 15 is 0 Å². The summed E-state index contributed by atoms with van der Waals surface area (Å²) in [6.45, 7) is 0. The Bertz CT molecular complexity index is 1490. The number of anilines is 1. The molecular formula is C21H14F2N6O2. The number of nitrogens with one attached hydrogen (secondary N) is 1. The maximum Gasteiger partial charge on any atom is 0.337 e. The van der Waals surface area contributed by atoms with E-state index in [1.165, 1.54) is 25.8 Å². The second-order valence-electron chi connectivity index (χ2n) is 6.79. The molecule has 0 saturated heterocycles. The van der Waals surface area contributed by atoms with Crippen molar-refractivity contribution < 1.29 is 18.3 Å². The molecule has 0 spiro atoms. The molecule has 10 heteroatoms. The van der Waals surface area contributed by atoms with Gasteiger partial charge < -0.3 is 19.9 Å². The van der Waals surface area contributed by atoms with Gasteiger partial charge in [-0.15, -0.1) is 0 Å². The average Bonchev–Trinajstić information content (AvgIpc) is 3.38. The Kier molecular flexibility index (Phi) is 4.14. The van der Waals surface area contributed by atoms with Crippen molar-refractivity contribution in [2.75, 3.05) is 12.8 Å². The van der Waals surface area contributed by atoms with Crippen LogP contribution in [0.4, 0.5) is 14.5 Å². The summed E-state index contributed by atoms with van der Waals surface area (Å²) in [7, 11) is 1.31. The number of carbonyl (C=O) groups is 1. The second-order valence-corrected chi connectivity index (χ2v) is 6.79. The molecule has 0 unspecified atom stereocenters. The number of carbonyl (C=O) groups excluding carboxylic acids is 1. The van der Waals surface area contributed by atoms with Crippen LogP contribution in [0.2, 0.25) is 0 Å². The normalized spacial score (nSPS) is 11.3. The molecule has 0 aliphatic rings. The molecule has 8 nitrogen and oxygen atoms in total. The monoisotopic (exact) mass is 420 g/mol. The van der Waals surface area contributed by atoms with Crippen LogP contribution in [-0.2, 0) is 4.74 Å². The van der Waals surface area contributed by atoms with Gasteiger partial charge >= 0.3 is 5.97 Å². The number of methoxy groups -OCH3 is 1. The molecule has 0 bridgehead atoms. The molecule has 5 rings (SSSR count). The second kappa shape index (κ2) is 6.87. The van der Waals surface area contributed by atoms with Crippen LogP contribution in [-0.4, -0.2) is 37.4 Å². The molecule has 3 N–H and O–H groups in total. The van der Waals surface area contributed by atoms with Crippen molar-refractivity contribution in [2.24, 2.45) is 0 Å². The number of imidazole rings is 2. The van der Waals surface area contributed by atoms with Crippen molar-refractivity contribution >= 4 is 28.2 Å². The van der Waals surface area contributed by atoms with Gasteiger partial charge in [0.25, 0.3) is 0 Å². The third kappa shape index (κ3) is 2.96. The molecule has 5 aromatic rings. The Balaban J connectivity index is 1.60. The number of hydrogen-bond donors (Lipinski definition) is 2. The van der Waals surface area contributed by atoms with E-state index in [-0.39, 0.29) is 16.9 Å². The van der Waals surface area contributed by atoms with Crippen molar-refractivity contribution in [3.63, 3.8) is 0 Å². The summed E-state index contributed by atoms with van der Waals surface area (Å²) in [5.41, 5.74) is 7.88. The fourth-order valence-electron chi connectivity index (χ4n) is 3.38. The Morgan fingerprint density at radius 2 is 2.03 bits per heavy atom. The molecule has 0 fully saturated rings. The van der Waals surface area contributed by atoms with E-state index in [4.69, 9.17) is 10.5 Å². The average molecular weight is 420 g/mol. The minimum absolute atomic E-state index is 0.0751. The minimum atomic E-state index is -0.870. The number of rotatable bonds is 3. The van der Waals surface area contributed by atoms with Gasteiger partial charge in [-0.2, -0.15) is 0 Å². The fraction of sp³-hybridized carbons (Fsp3) is 0.0476. The highest BCUT2D eigenvalue weighted by Gasteiger charge is 2.18. The molecular weight excluding hydrogens is 406 g/mol. The molecule has 3 heterocycles. The number of hydrogen-bond acceptors (Lipinski definition) is 6. The van der Waals surface area contributed by atoms with Crippen LogP contribution in [0.1, 0.15) is 10.4 Å². The highest BCUT2D eigenvalue weighted by atomic mass is 19.1. The Morgan fingerprint density at radius 1 is 1.19 bits per heavy atom. The summed E-state index contributed by atoms with van der Waals surface area (Å²) in [4.78, 5) is 27.9. The number of benzene rings is 2. The van der Waals surface area contributed by atoms with Gasteiger partial charge in [-0.3, -0.25) is 4.98 Å². The quantitative estimate of drug-likeness (QED) is 0.341. The SMILES string of the molecule is COC(=O)c1ccc2nc(-c3ncn4cc(-c5c(F)ccc(N)c5F)ncc34)[nH]c2c1. The van der Waals surface area contributed by atoms with E-state index in [1.807, 2.05) is 0 Å². The molecule has 0 amide bonds. The van der Waals surface area contributed by atoms with E-state index in [0.717, 1.165) is 12.1 Å². The highest BCUT2D eigenvalue weighted by Crippen LogP contribution is 2.30. The topological polar surface area (TPSA) is 111 Å². The van der Waals surface area contributed by atoms with E-state index in [9.17, 15) is 13.6 Å². The van der Waals surface area contributed by atoms with E-state index in [0.29, 0.717) is 33.6 Å². The first-order valence-electron chi connectivity index (χ1n) is 9.11. The van der Waals surface area contributed by atoms with E-state index in [1.54, 1.807) is 22.6 Å². The number of nitrogen functional groups attached to an aromatic ring is 1. The number of aromatic amines is 1. The standard InChI is InChI=1S/C21H14F2N6O2/c1-31-21(30)10-2-5-13-14(6-10)28-20(27-13)19-16-7-25-15(8-29(16)9-26-19)17-11(22)3-4-12(24)18(17)23/h2-9H,24H2,1H3,(H,27,28). The van der Waals surface area contributed by atoms with Crippen LogP contribution in [0, 0.1) is 11.6 Å². The number of esters is 1.